The number of hydrogen-bond acceptors (Lipinski definition) is 3. The summed E-state index contributed by atoms with van der Waals surface area (Å²) in [6, 6.07) is 7.81. The van der Waals surface area contributed by atoms with Crippen molar-refractivity contribution in [1.29, 1.82) is 0 Å². The summed E-state index contributed by atoms with van der Waals surface area (Å²) in [6.45, 7) is 0. The number of anilines is 1. The van der Waals surface area contributed by atoms with Gasteiger partial charge in [-0.05, 0) is 24.3 Å². The van der Waals surface area contributed by atoms with E-state index >= 15 is 0 Å². The van der Waals surface area contributed by atoms with Crippen LogP contribution < -0.4 is 17.0 Å². The van der Waals surface area contributed by atoms with Crippen molar-refractivity contribution in [2.24, 2.45) is 7.05 Å². The third kappa shape index (κ3) is 1.97. The molecule has 2 rings (SSSR count). The summed E-state index contributed by atoms with van der Waals surface area (Å²) in [5.74, 6) is 0.0976. The second-order valence-electron chi connectivity index (χ2n) is 3.56. The van der Waals surface area contributed by atoms with E-state index in [2.05, 4.69) is 0 Å². The highest BCUT2D eigenvalue weighted by molar-refractivity contribution is 6.30. The van der Waals surface area contributed by atoms with E-state index in [1.54, 1.807) is 24.3 Å². The molecule has 0 fully saturated rings. The van der Waals surface area contributed by atoms with Crippen LogP contribution in [0.5, 0.6) is 0 Å². The summed E-state index contributed by atoms with van der Waals surface area (Å²) in [5, 5.41) is 0.560. The molecule has 0 amide bonds. The first-order valence-corrected chi connectivity index (χ1v) is 5.23. The fourth-order valence-corrected chi connectivity index (χ4v) is 1.62. The van der Waals surface area contributed by atoms with Gasteiger partial charge in [0, 0.05) is 18.1 Å². The van der Waals surface area contributed by atoms with Crippen molar-refractivity contribution in [3.63, 3.8) is 0 Å². The van der Waals surface area contributed by atoms with Crippen molar-refractivity contribution in [2.75, 3.05) is 5.73 Å². The van der Waals surface area contributed by atoms with Gasteiger partial charge in [0.1, 0.15) is 5.82 Å². The van der Waals surface area contributed by atoms with Crippen LogP contribution in [0.1, 0.15) is 0 Å². The summed E-state index contributed by atoms with van der Waals surface area (Å²) in [5.41, 5.74) is 5.32. The first-order chi connectivity index (χ1) is 8.00. The highest BCUT2D eigenvalue weighted by atomic mass is 35.5. The van der Waals surface area contributed by atoms with Gasteiger partial charge in [-0.25, -0.2) is 9.36 Å². The van der Waals surface area contributed by atoms with Crippen LogP contribution in [-0.4, -0.2) is 9.13 Å². The molecule has 0 spiro atoms. The Bertz CT molecular complexity index is 671. The quantitative estimate of drug-likeness (QED) is 0.814. The van der Waals surface area contributed by atoms with Gasteiger partial charge in [0.2, 0.25) is 0 Å². The van der Waals surface area contributed by atoms with E-state index in [1.165, 1.54) is 17.7 Å². The summed E-state index contributed by atoms with van der Waals surface area (Å²) < 4.78 is 2.24. The highest BCUT2D eigenvalue weighted by Crippen LogP contribution is 2.13. The minimum atomic E-state index is -0.489. The average Bonchev–Trinajstić information content (AvgIpc) is 2.29. The Labute approximate surface area is 102 Å². The van der Waals surface area contributed by atoms with Gasteiger partial charge in [0.25, 0.3) is 5.56 Å². The molecule has 2 aromatic rings. The van der Waals surface area contributed by atoms with Crippen molar-refractivity contribution < 1.29 is 0 Å². The molecule has 0 saturated carbocycles. The lowest BCUT2D eigenvalue weighted by atomic mass is 10.3. The van der Waals surface area contributed by atoms with Crippen LogP contribution in [-0.2, 0) is 7.05 Å². The Morgan fingerprint density at radius 1 is 1.18 bits per heavy atom. The zero-order valence-corrected chi connectivity index (χ0v) is 9.81. The monoisotopic (exact) mass is 251 g/mol. The number of aromatic nitrogens is 2. The minimum absolute atomic E-state index is 0.0976. The fraction of sp³-hybridized carbons (Fsp3) is 0.0909. The zero-order chi connectivity index (χ0) is 12.6. The number of benzene rings is 1. The third-order valence-electron chi connectivity index (χ3n) is 2.42. The first-order valence-electron chi connectivity index (χ1n) is 4.85. The molecule has 2 N–H and O–H groups in total. The summed E-state index contributed by atoms with van der Waals surface area (Å²) in [6.07, 6.45) is 0. The van der Waals surface area contributed by atoms with Crippen LogP contribution in [0.15, 0.2) is 39.9 Å². The molecule has 1 aromatic heterocycles. The van der Waals surface area contributed by atoms with E-state index in [1.807, 2.05) is 0 Å². The molecule has 88 valence electrons. The molecule has 6 heteroatoms. The largest absolute Gasteiger partial charge is 0.385 e. The SMILES string of the molecule is Cn1c(=O)cc(N)n(-c2ccc(Cl)cc2)c1=O. The van der Waals surface area contributed by atoms with Crippen molar-refractivity contribution >= 4 is 17.4 Å². The smallest absolute Gasteiger partial charge is 0.336 e. The number of rotatable bonds is 1. The lowest BCUT2D eigenvalue weighted by molar-refractivity contribution is 0.735. The maximum atomic E-state index is 11.9. The molecule has 5 nitrogen and oxygen atoms in total. The topological polar surface area (TPSA) is 70.0 Å². The lowest BCUT2D eigenvalue weighted by Gasteiger charge is -2.10. The molecular formula is C11H10ClN3O2. The lowest BCUT2D eigenvalue weighted by Crippen LogP contribution is -2.37. The zero-order valence-electron chi connectivity index (χ0n) is 9.05. The Balaban J connectivity index is 2.76. The Hall–Kier alpha value is -2.01. The molecule has 1 heterocycles. The van der Waals surface area contributed by atoms with E-state index < -0.39 is 11.2 Å². The number of nitrogens with two attached hydrogens (primary N) is 1. The summed E-state index contributed by atoms with van der Waals surface area (Å²) >= 11 is 5.76. The van der Waals surface area contributed by atoms with E-state index in [-0.39, 0.29) is 5.82 Å². The Kier molecular flexibility index (Phi) is 2.77. The Morgan fingerprint density at radius 3 is 2.35 bits per heavy atom. The molecule has 0 aliphatic rings. The summed E-state index contributed by atoms with van der Waals surface area (Å²) in [4.78, 5) is 23.3. The fourth-order valence-electron chi connectivity index (χ4n) is 1.49. The number of nitrogens with zero attached hydrogens (tertiary/aromatic N) is 2. The number of nitrogen functional groups attached to an aromatic ring is 1. The Morgan fingerprint density at radius 2 is 1.76 bits per heavy atom. The van der Waals surface area contributed by atoms with Crippen molar-refractivity contribution in [3.05, 3.63) is 56.2 Å². The molecule has 0 atom stereocenters. The van der Waals surface area contributed by atoms with Gasteiger partial charge in [0.05, 0.1) is 5.69 Å². The average molecular weight is 252 g/mol. The van der Waals surface area contributed by atoms with Crippen LogP contribution in [0.3, 0.4) is 0 Å². The molecule has 17 heavy (non-hydrogen) atoms. The van der Waals surface area contributed by atoms with Crippen LogP contribution in [0.4, 0.5) is 5.82 Å². The van der Waals surface area contributed by atoms with Crippen molar-refractivity contribution in [2.45, 2.75) is 0 Å². The van der Waals surface area contributed by atoms with Crippen LogP contribution >= 0.6 is 11.6 Å². The number of halogens is 1. The van der Waals surface area contributed by atoms with Crippen LogP contribution in [0.25, 0.3) is 5.69 Å². The molecule has 0 aliphatic carbocycles. The van der Waals surface area contributed by atoms with Gasteiger partial charge in [-0.15, -0.1) is 0 Å². The van der Waals surface area contributed by atoms with E-state index in [0.29, 0.717) is 10.7 Å². The second kappa shape index (κ2) is 4.10. The first kappa shape index (κ1) is 11.5. The normalized spacial score (nSPS) is 10.5. The molecule has 0 unspecified atom stereocenters. The maximum Gasteiger partial charge on any atom is 0.336 e. The molecule has 1 aromatic carbocycles. The predicted molar refractivity (Wildman–Crippen MR) is 66.7 cm³/mol. The van der Waals surface area contributed by atoms with Crippen molar-refractivity contribution in [1.82, 2.24) is 9.13 Å². The highest BCUT2D eigenvalue weighted by Gasteiger charge is 2.08. The van der Waals surface area contributed by atoms with Gasteiger partial charge in [-0.3, -0.25) is 9.36 Å². The minimum Gasteiger partial charge on any atom is -0.385 e. The molecule has 0 bridgehead atoms. The van der Waals surface area contributed by atoms with Gasteiger partial charge >= 0.3 is 5.69 Å². The molecular weight excluding hydrogens is 242 g/mol. The molecule has 0 aliphatic heterocycles. The van der Waals surface area contributed by atoms with Crippen LogP contribution in [0, 0.1) is 0 Å². The van der Waals surface area contributed by atoms with E-state index in [0.717, 1.165) is 4.57 Å². The molecule has 0 saturated heterocycles. The predicted octanol–water partition coefficient (Wildman–Crippen LogP) is 0.772. The summed E-state index contributed by atoms with van der Waals surface area (Å²) in [7, 11) is 1.40. The van der Waals surface area contributed by atoms with E-state index in [9.17, 15) is 9.59 Å². The van der Waals surface area contributed by atoms with Crippen LogP contribution in [0.2, 0.25) is 5.02 Å². The maximum absolute atomic E-state index is 11.9. The second-order valence-corrected chi connectivity index (χ2v) is 4.00. The third-order valence-corrected chi connectivity index (χ3v) is 2.68. The number of hydrogen-bond donors (Lipinski definition) is 1. The van der Waals surface area contributed by atoms with Gasteiger partial charge in [-0.1, -0.05) is 11.6 Å². The van der Waals surface area contributed by atoms with Gasteiger partial charge in [-0.2, -0.15) is 0 Å². The van der Waals surface area contributed by atoms with E-state index in [4.69, 9.17) is 17.3 Å². The molecule has 0 radical (unpaired) electrons. The van der Waals surface area contributed by atoms with Gasteiger partial charge < -0.3 is 5.73 Å². The standard InChI is InChI=1S/C11H10ClN3O2/c1-14-10(16)6-9(13)15(11(14)17)8-4-2-7(12)3-5-8/h2-6H,13H2,1H3. The van der Waals surface area contributed by atoms with Crippen molar-refractivity contribution in [3.8, 4) is 5.69 Å². The van der Waals surface area contributed by atoms with Gasteiger partial charge in [0.15, 0.2) is 0 Å².